The molecule has 2 aromatic rings. The van der Waals surface area contributed by atoms with Gasteiger partial charge < -0.3 is 10.5 Å². The number of esters is 1. The van der Waals surface area contributed by atoms with Gasteiger partial charge in [-0.1, -0.05) is 33.6 Å². The average molecular weight is 361 g/mol. The molecule has 0 aliphatic rings. The van der Waals surface area contributed by atoms with Crippen molar-refractivity contribution in [2.45, 2.75) is 6.92 Å². The van der Waals surface area contributed by atoms with Gasteiger partial charge in [0.25, 0.3) is 0 Å². The van der Waals surface area contributed by atoms with Crippen LogP contribution in [0.15, 0.2) is 28.7 Å². The first-order valence-electron chi connectivity index (χ1n) is 5.54. The molecule has 0 aliphatic carbocycles. The SMILES string of the molecule is CCOC(=O)c1sc(-c2ccc(Cl)cc2Br)cc1N. The van der Waals surface area contributed by atoms with E-state index in [2.05, 4.69) is 15.9 Å². The van der Waals surface area contributed by atoms with E-state index in [1.54, 1.807) is 25.1 Å². The number of anilines is 1. The Bertz CT molecular complexity index is 627. The van der Waals surface area contributed by atoms with Crippen LogP contribution in [0.2, 0.25) is 5.02 Å². The van der Waals surface area contributed by atoms with Gasteiger partial charge in [0.2, 0.25) is 0 Å². The van der Waals surface area contributed by atoms with Crippen molar-refractivity contribution in [2.75, 3.05) is 12.3 Å². The lowest BCUT2D eigenvalue weighted by Crippen LogP contribution is -2.04. The summed E-state index contributed by atoms with van der Waals surface area (Å²) in [5.41, 5.74) is 7.23. The fourth-order valence-corrected chi connectivity index (χ4v) is 3.62. The number of carbonyl (C=O) groups is 1. The zero-order valence-electron chi connectivity index (χ0n) is 10.1. The number of nitrogens with two attached hydrogens (primary N) is 1. The highest BCUT2D eigenvalue weighted by molar-refractivity contribution is 9.10. The van der Waals surface area contributed by atoms with Crippen LogP contribution in [-0.4, -0.2) is 12.6 Å². The summed E-state index contributed by atoms with van der Waals surface area (Å²) in [5, 5.41) is 0.644. The first-order valence-corrected chi connectivity index (χ1v) is 7.53. The fraction of sp³-hybridized carbons (Fsp3) is 0.154. The second-order valence-electron chi connectivity index (χ2n) is 3.74. The van der Waals surface area contributed by atoms with E-state index in [1.165, 1.54) is 11.3 Å². The van der Waals surface area contributed by atoms with Crippen LogP contribution in [0.4, 0.5) is 5.69 Å². The topological polar surface area (TPSA) is 52.3 Å². The van der Waals surface area contributed by atoms with Gasteiger partial charge in [-0.25, -0.2) is 4.79 Å². The number of carbonyl (C=O) groups excluding carboxylic acids is 1. The van der Waals surface area contributed by atoms with Crippen LogP contribution in [0.1, 0.15) is 16.6 Å². The lowest BCUT2D eigenvalue weighted by Gasteiger charge is -2.01. The molecular weight excluding hydrogens is 350 g/mol. The molecule has 0 unspecified atom stereocenters. The van der Waals surface area contributed by atoms with Crippen molar-refractivity contribution in [3.63, 3.8) is 0 Å². The highest BCUT2D eigenvalue weighted by atomic mass is 79.9. The number of benzene rings is 1. The molecule has 6 heteroatoms. The summed E-state index contributed by atoms with van der Waals surface area (Å²) in [6.45, 7) is 2.09. The zero-order chi connectivity index (χ0) is 14.0. The molecule has 0 radical (unpaired) electrons. The van der Waals surface area contributed by atoms with E-state index in [0.717, 1.165) is 14.9 Å². The van der Waals surface area contributed by atoms with Crippen molar-refractivity contribution in [2.24, 2.45) is 0 Å². The largest absolute Gasteiger partial charge is 0.462 e. The molecule has 2 rings (SSSR count). The molecule has 0 saturated heterocycles. The Morgan fingerprint density at radius 3 is 2.84 bits per heavy atom. The molecule has 0 fully saturated rings. The lowest BCUT2D eigenvalue weighted by atomic mass is 10.2. The van der Waals surface area contributed by atoms with E-state index in [4.69, 9.17) is 22.1 Å². The van der Waals surface area contributed by atoms with E-state index in [9.17, 15) is 4.79 Å². The van der Waals surface area contributed by atoms with E-state index < -0.39 is 0 Å². The standard InChI is InChI=1S/C13H11BrClNO2S/c1-2-18-13(17)12-10(16)6-11(19-12)8-4-3-7(15)5-9(8)14/h3-6H,2,16H2,1H3. The molecule has 2 N–H and O–H groups in total. The molecular formula is C13H11BrClNO2S. The van der Waals surface area contributed by atoms with Gasteiger partial charge >= 0.3 is 5.97 Å². The minimum Gasteiger partial charge on any atom is -0.462 e. The number of halogens is 2. The first-order chi connectivity index (χ1) is 9.02. The van der Waals surface area contributed by atoms with Crippen LogP contribution in [0.3, 0.4) is 0 Å². The molecule has 1 aromatic heterocycles. The highest BCUT2D eigenvalue weighted by Gasteiger charge is 2.17. The number of ether oxygens (including phenoxy) is 1. The lowest BCUT2D eigenvalue weighted by molar-refractivity contribution is 0.0533. The van der Waals surface area contributed by atoms with Gasteiger partial charge in [0.05, 0.1) is 12.3 Å². The van der Waals surface area contributed by atoms with Gasteiger partial charge in [-0.2, -0.15) is 0 Å². The van der Waals surface area contributed by atoms with Gasteiger partial charge in [-0.15, -0.1) is 11.3 Å². The summed E-state index contributed by atoms with van der Waals surface area (Å²) in [7, 11) is 0. The molecule has 3 nitrogen and oxygen atoms in total. The normalized spacial score (nSPS) is 10.5. The smallest absolute Gasteiger partial charge is 0.350 e. The van der Waals surface area contributed by atoms with E-state index in [0.29, 0.717) is 22.2 Å². The van der Waals surface area contributed by atoms with Crippen LogP contribution in [-0.2, 0) is 4.74 Å². The third-order valence-electron chi connectivity index (χ3n) is 2.42. The van der Waals surface area contributed by atoms with Crippen molar-refractivity contribution >= 4 is 50.5 Å². The Hall–Kier alpha value is -1.04. The highest BCUT2D eigenvalue weighted by Crippen LogP contribution is 2.38. The number of thiophene rings is 1. The maximum absolute atomic E-state index is 11.7. The van der Waals surface area contributed by atoms with Crippen molar-refractivity contribution in [1.29, 1.82) is 0 Å². The molecule has 0 spiro atoms. The second kappa shape index (κ2) is 5.94. The summed E-state index contributed by atoms with van der Waals surface area (Å²) in [5.74, 6) is -0.388. The zero-order valence-corrected chi connectivity index (χ0v) is 13.2. The van der Waals surface area contributed by atoms with E-state index in [-0.39, 0.29) is 5.97 Å². The van der Waals surface area contributed by atoms with Crippen LogP contribution >= 0.6 is 38.9 Å². The second-order valence-corrected chi connectivity index (χ2v) is 6.08. The maximum Gasteiger partial charge on any atom is 0.350 e. The first kappa shape index (κ1) is 14.4. The Balaban J connectivity index is 2.42. The van der Waals surface area contributed by atoms with Gasteiger partial charge in [0.1, 0.15) is 4.88 Å². The monoisotopic (exact) mass is 359 g/mol. The van der Waals surface area contributed by atoms with Crippen molar-refractivity contribution in [3.8, 4) is 10.4 Å². The molecule has 0 bridgehead atoms. The van der Waals surface area contributed by atoms with Crippen molar-refractivity contribution < 1.29 is 9.53 Å². The summed E-state index contributed by atoms with van der Waals surface area (Å²) in [6, 6.07) is 7.25. The molecule has 0 saturated carbocycles. The molecule has 19 heavy (non-hydrogen) atoms. The Morgan fingerprint density at radius 2 is 2.21 bits per heavy atom. The summed E-state index contributed by atoms with van der Waals surface area (Å²) >= 11 is 10.7. The van der Waals surface area contributed by atoms with Gasteiger partial charge in [0.15, 0.2) is 0 Å². The summed E-state index contributed by atoms with van der Waals surface area (Å²) < 4.78 is 5.82. The van der Waals surface area contributed by atoms with E-state index >= 15 is 0 Å². The van der Waals surface area contributed by atoms with Crippen LogP contribution in [0, 0.1) is 0 Å². The summed E-state index contributed by atoms with van der Waals surface area (Å²) in [4.78, 5) is 13.0. The van der Waals surface area contributed by atoms with Crippen LogP contribution in [0.5, 0.6) is 0 Å². The number of hydrogen-bond donors (Lipinski definition) is 1. The van der Waals surface area contributed by atoms with Gasteiger partial charge in [-0.3, -0.25) is 0 Å². The minimum atomic E-state index is -0.388. The molecule has 0 aliphatic heterocycles. The predicted octanol–water partition coefficient (Wildman–Crippen LogP) is 4.59. The molecule has 1 heterocycles. The number of hydrogen-bond acceptors (Lipinski definition) is 4. The third-order valence-corrected chi connectivity index (χ3v) is 4.47. The molecule has 0 amide bonds. The van der Waals surface area contributed by atoms with Crippen LogP contribution in [0.25, 0.3) is 10.4 Å². The van der Waals surface area contributed by atoms with Crippen molar-refractivity contribution in [3.05, 3.63) is 38.6 Å². The predicted molar refractivity (Wildman–Crippen MR) is 82.8 cm³/mol. The van der Waals surface area contributed by atoms with Crippen LogP contribution < -0.4 is 5.73 Å². The number of rotatable bonds is 3. The molecule has 0 atom stereocenters. The Morgan fingerprint density at radius 1 is 1.47 bits per heavy atom. The third kappa shape index (κ3) is 3.11. The Labute approximate surface area is 128 Å². The Kier molecular flexibility index (Phi) is 4.50. The van der Waals surface area contributed by atoms with Gasteiger partial charge in [-0.05, 0) is 25.1 Å². The van der Waals surface area contributed by atoms with Crippen molar-refractivity contribution in [1.82, 2.24) is 0 Å². The average Bonchev–Trinajstić information content (AvgIpc) is 2.71. The quantitative estimate of drug-likeness (QED) is 0.814. The molecule has 100 valence electrons. The fourth-order valence-electron chi connectivity index (χ4n) is 1.58. The minimum absolute atomic E-state index is 0.330. The molecule has 1 aromatic carbocycles. The summed E-state index contributed by atoms with van der Waals surface area (Å²) in [6.07, 6.45) is 0. The maximum atomic E-state index is 11.7. The van der Waals surface area contributed by atoms with E-state index in [1.807, 2.05) is 6.07 Å². The van der Waals surface area contributed by atoms with Gasteiger partial charge in [0, 0.05) is 19.9 Å². The number of nitrogen functional groups attached to an aromatic ring is 1.